The molecule has 0 spiro atoms. The minimum Gasteiger partial charge on any atom is -0.465 e. The van der Waals surface area contributed by atoms with Crippen molar-refractivity contribution in [3.05, 3.63) is 59.1 Å². The molecule has 6 heteroatoms. The summed E-state index contributed by atoms with van der Waals surface area (Å²) in [6, 6.07) is 9.83. The lowest BCUT2D eigenvalue weighted by Crippen LogP contribution is -2.23. The third-order valence-corrected chi connectivity index (χ3v) is 4.45. The number of carbonyl (C=O) groups is 2. The number of carbonyl (C=O) groups excluding carboxylic acids is 2. The van der Waals surface area contributed by atoms with Crippen molar-refractivity contribution in [2.24, 2.45) is 0 Å². The van der Waals surface area contributed by atoms with Gasteiger partial charge in [0.05, 0.1) is 7.11 Å². The Bertz CT molecular complexity index is 762. The number of hydrogen-bond acceptors (Lipinski definition) is 5. The van der Waals surface area contributed by atoms with Gasteiger partial charge in [-0.15, -0.1) is 11.8 Å². The molecule has 132 valence electrons. The van der Waals surface area contributed by atoms with Crippen LogP contribution in [0, 0.1) is 13.8 Å². The van der Waals surface area contributed by atoms with Crippen LogP contribution in [0.4, 0.5) is 0 Å². The van der Waals surface area contributed by atoms with Crippen molar-refractivity contribution in [2.75, 3.05) is 19.4 Å². The average molecular weight is 359 g/mol. The van der Waals surface area contributed by atoms with Crippen molar-refractivity contribution in [1.29, 1.82) is 0 Å². The summed E-state index contributed by atoms with van der Waals surface area (Å²) in [5, 5.41) is 2.81. The highest BCUT2D eigenvalue weighted by Crippen LogP contribution is 2.18. The maximum Gasteiger partial charge on any atom is 0.341 e. The van der Waals surface area contributed by atoms with E-state index in [1.54, 1.807) is 24.8 Å². The number of thioether (sulfide) groups is 1. The first-order valence-electron chi connectivity index (χ1n) is 7.83. The van der Waals surface area contributed by atoms with Gasteiger partial charge in [-0.05, 0) is 38.1 Å². The second kappa shape index (κ2) is 9.13. The van der Waals surface area contributed by atoms with Crippen LogP contribution in [0.5, 0.6) is 0 Å². The zero-order valence-corrected chi connectivity index (χ0v) is 15.3. The molecule has 0 unspecified atom stereocenters. The van der Waals surface area contributed by atoms with Gasteiger partial charge in [-0.25, -0.2) is 4.79 Å². The van der Waals surface area contributed by atoms with E-state index in [4.69, 9.17) is 4.42 Å². The van der Waals surface area contributed by atoms with Gasteiger partial charge in [0.2, 0.25) is 5.91 Å². The highest BCUT2D eigenvalue weighted by atomic mass is 32.2. The summed E-state index contributed by atoms with van der Waals surface area (Å²) in [4.78, 5) is 24.5. The molecule has 1 aromatic heterocycles. The number of ether oxygens (including phenoxy) is 1. The topological polar surface area (TPSA) is 68.5 Å². The van der Waals surface area contributed by atoms with Crippen LogP contribution in [-0.2, 0) is 9.53 Å². The molecule has 25 heavy (non-hydrogen) atoms. The van der Waals surface area contributed by atoms with Crippen LogP contribution >= 0.6 is 11.8 Å². The molecule has 0 saturated heterocycles. The lowest BCUT2D eigenvalue weighted by molar-refractivity contribution is -0.116. The number of nitrogens with one attached hydrogen (secondary N) is 1. The van der Waals surface area contributed by atoms with E-state index < -0.39 is 5.97 Å². The van der Waals surface area contributed by atoms with Gasteiger partial charge in [0, 0.05) is 23.3 Å². The highest BCUT2D eigenvalue weighted by Gasteiger charge is 2.14. The Morgan fingerprint density at radius 1 is 1.24 bits per heavy atom. The Hall–Kier alpha value is -2.47. The summed E-state index contributed by atoms with van der Waals surface area (Å²) in [5.41, 5.74) is 1.59. The summed E-state index contributed by atoms with van der Waals surface area (Å²) in [6.45, 7) is 4.29. The van der Waals surface area contributed by atoms with Gasteiger partial charge < -0.3 is 14.5 Å². The van der Waals surface area contributed by atoms with Gasteiger partial charge in [0.25, 0.3) is 0 Å². The number of furan rings is 1. The number of esters is 1. The quantitative estimate of drug-likeness (QED) is 0.354. The molecule has 0 fully saturated rings. The fourth-order valence-electron chi connectivity index (χ4n) is 2.09. The molecule has 0 aliphatic carbocycles. The smallest absolute Gasteiger partial charge is 0.341 e. The molecule has 2 aromatic rings. The first kappa shape index (κ1) is 18.9. The van der Waals surface area contributed by atoms with Crippen molar-refractivity contribution in [1.82, 2.24) is 5.32 Å². The number of methoxy groups -OCH3 is 1. The average Bonchev–Trinajstić information content (AvgIpc) is 2.98. The van der Waals surface area contributed by atoms with Crippen LogP contribution in [0.3, 0.4) is 0 Å². The van der Waals surface area contributed by atoms with E-state index in [-0.39, 0.29) is 5.91 Å². The third-order valence-electron chi connectivity index (χ3n) is 3.43. The maximum absolute atomic E-state index is 11.8. The van der Waals surface area contributed by atoms with E-state index in [1.807, 2.05) is 0 Å². The number of aryl methyl sites for hydroxylation is 2. The van der Waals surface area contributed by atoms with Gasteiger partial charge in [-0.3, -0.25) is 4.79 Å². The summed E-state index contributed by atoms with van der Waals surface area (Å²) in [5.74, 6) is 1.01. The van der Waals surface area contributed by atoms with Gasteiger partial charge in [0.1, 0.15) is 17.1 Å². The highest BCUT2D eigenvalue weighted by molar-refractivity contribution is 7.99. The Morgan fingerprint density at radius 2 is 1.96 bits per heavy atom. The van der Waals surface area contributed by atoms with Crippen LogP contribution < -0.4 is 5.32 Å². The second-order valence-electron chi connectivity index (χ2n) is 5.40. The predicted octanol–water partition coefficient (Wildman–Crippen LogP) is 3.60. The van der Waals surface area contributed by atoms with Crippen molar-refractivity contribution in [3.8, 4) is 0 Å². The fourth-order valence-corrected chi connectivity index (χ4v) is 2.86. The Morgan fingerprint density at radius 3 is 2.64 bits per heavy atom. The Kier molecular flexibility index (Phi) is 6.89. The summed E-state index contributed by atoms with van der Waals surface area (Å²) in [6.07, 6.45) is 2.91. The zero-order chi connectivity index (χ0) is 18.2. The van der Waals surface area contributed by atoms with Crippen LogP contribution in [0.2, 0.25) is 0 Å². The number of hydrogen-bond donors (Lipinski definition) is 1. The molecule has 0 radical (unpaired) electrons. The minimum atomic E-state index is -0.460. The molecular weight excluding hydrogens is 338 g/mol. The number of amides is 1. The molecule has 0 aliphatic heterocycles. The first-order chi connectivity index (χ1) is 12.0. The van der Waals surface area contributed by atoms with E-state index in [0.717, 1.165) is 5.75 Å². The summed E-state index contributed by atoms with van der Waals surface area (Å²) < 4.78 is 10.1. The van der Waals surface area contributed by atoms with Crippen molar-refractivity contribution in [2.45, 2.75) is 18.7 Å². The van der Waals surface area contributed by atoms with E-state index in [2.05, 4.69) is 41.2 Å². The van der Waals surface area contributed by atoms with Crippen molar-refractivity contribution >= 4 is 29.7 Å². The molecule has 1 amide bonds. The zero-order valence-electron chi connectivity index (χ0n) is 14.5. The Labute approximate surface area is 151 Å². The molecule has 1 N–H and O–H groups in total. The van der Waals surface area contributed by atoms with Crippen LogP contribution in [0.1, 0.15) is 27.4 Å². The maximum atomic E-state index is 11.8. The van der Waals surface area contributed by atoms with E-state index >= 15 is 0 Å². The molecule has 0 saturated carbocycles. The van der Waals surface area contributed by atoms with Crippen LogP contribution in [-0.4, -0.2) is 31.3 Å². The fraction of sp³-hybridized carbons (Fsp3) is 0.263. The largest absolute Gasteiger partial charge is 0.465 e. The Balaban J connectivity index is 1.77. The monoisotopic (exact) mass is 359 g/mol. The summed E-state index contributed by atoms with van der Waals surface area (Å²) in [7, 11) is 1.31. The van der Waals surface area contributed by atoms with E-state index in [1.165, 1.54) is 29.7 Å². The molecule has 1 aromatic carbocycles. The van der Waals surface area contributed by atoms with Gasteiger partial charge in [-0.2, -0.15) is 0 Å². The lowest BCUT2D eigenvalue weighted by Gasteiger charge is -2.03. The second-order valence-corrected chi connectivity index (χ2v) is 6.56. The molecule has 1 heterocycles. The van der Waals surface area contributed by atoms with Crippen LogP contribution in [0.15, 0.2) is 45.7 Å². The first-order valence-corrected chi connectivity index (χ1v) is 8.82. The van der Waals surface area contributed by atoms with Crippen molar-refractivity contribution in [3.63, 3.8) is 0 Å². The normalized spacial score (nSPS) is 10.8. The molecule has 0 atom stereocenters. The summed E-state index contributed by atoms with van der Waals surface area (Å²) >= 11 is 1.69. The molecule has 0 bridgehead atoms. The van der Waals surface area contributed by atoms with Gasteiger partial charge >= 0.3 is 5.97 Å². The molecule has 0 aliphatic rings. The molecule has 5 nitrogen and oxygen atoms in total. The minimum absolute atomic E-state index is 0.210. The predicted molar refractivity (Wildman–Crippen MR) is 98.7 cm³/mol. The number of rotatable bonds is 7. The lowest BCUT2D eigenvalue weighted by atomic mass is 10.2. The van der Waals surface area contributed by atoms with Crippen molar-refractivity contribution < 1.29 is 18.7 Å². The van der Waals surface area contributed by atoms with E-state index in [9.17, 15) is 9.59 Å². The molecule has 2 rings (SSSR count). The van der Waals surface area contributed by atoms with Gasteiger partial charge in [-0.1, -0.05) is 17.7 Å². The third kappa shape index (κ3) is 5.83. The SMILES string of the molecule is COC(=O)c1cc(/C=C/C(=O)NCCSc2ccc(C)cc2)oc1C. The van der Waals surface area contributed by atoms with Crippen LogP contribution in [0.25, 0.3) is 6.08 Å². The number of benzene rings is 1. The standard InChI is InChI=1S/C19H21NO4S/c1-13-4-7-16(8-5-13)25-11-10-20-18(21)9-6-15-12-17(14(2)24-15)19(22)23-3/h4-9,12H,10-11H2,1-3H3,(H,20,21)/b9-6+. The molecular formula is C19H21NO4S. The van der Waals surface area contributed by atoms with E-state index in [0.29, 0.717) is 23.6 Å². The van der Waals surface area contributed by atoms with Gasteiger partial charge in [0.15, 0.2) is 0 Å².